The highest BCUT2D eigenvalue weighted by molar-refractivity contribution is 7.20. The summed E-state index contributed by atoms with van der Waals surface area (Å²) in [7, 11) is 0. The molecule has 0 atom stereocenters. The van der Waals surface area contributed by atoms with Gasteiger partial charge in [0, 0.05) is 10.8 Å². The molecule has 5 heteroatoms. The van der Waals surface area contributed by atoms with Crippen molar-refractivity contribution >= 4 is 44.1 Å². The van der Waals surface area contributed by atoms with E-state index in [1.807, 2.05) is 84.9 Å². The molecule has 0 fully saturated rings. The number of benzene rings is 3. The van der Waals surface area contributed by atoms with E-state index in [0.717, 1.165) is 21.1 Å². The fourth-order valence-corrected chi connectivity index (χ4v) is 4.06. The molecule has 0 spiro atoms. The molecular formula is C24H16N2O2S. The first-order chi connectivity index (χ1) is 14.3. The predicted octanol–water partition coefficient (Wildman–Crippen LogP) is 6.49. The first kappa shape index (κ1) is 17.4. The third kappa shape index (κ3) is 3.56. The fourth-order valence-electron chi connectivity index (χ4n) is 3.14. The molecule has 1 amide bonds. The normalized spacial score (nSPS) is 10.9. The molecule has 5 aromatic rings. The summed E-state index contributed by atoms with van der Waals surface area (Å²) in [5, 5.41) is 5.00. The molecule has 4 nitrogen and oxygen atoms in total. The van der Waals surface area contributed by atoms with Crippen LogP contribution in [0.1, 0.15) is 9.67 Å². The third-order valence-electron chi connectivity index (χ3n) is 4.54. The maximum absolute atomic E-state index is 12.9. The quantitative estimate of drug-likeness (QED) is 0.377. The first-order valence-corrected chi connectivity index (χ1v) is 10.0. The molecule has 29 heavy (non-hydrogen) atoms. The number of nitrogens with zero attached hydrogens (tertiary/aromatic N) is 1. The van der Waals surface area contributed by atoms with Crippen molar-refractivity contribution < 1.29 is 9.53 Å². The van der Waals surface area contributed by atoms with Gasteiger partial charge in [0.15, 0.2) is 5.75 Å². The number of aromatic nitrogens is 1. The van der Waals surface area contributed by atoms with Gasteiger partial charge in [0.1, 0.15) is 10.6 Å². The Morgan fingerprint density at radius 3 is 2.48 bits per heavy atom. The summed E-state index contributed by atoms with van der Waals surface area (Å²) in [5.41, 5.74) is 1.55. The van der Waals surface area contributed by atoms with E-state index in [2.05, 4.69) is 16.4 Å². The van der Waals surface area contributed by atoms with E-state index in [4.69, 9.17) is 4.74 Å². The summed E-state index contributed by atoms with van der Waals surface area (Å²) in [5.74, 6) is 1.13. The molecule has 0 aliphatic carbocycles. The molecule has 0 saturated heterocycles. The van der Waals surface area contributed by atoms with E-state index < -0.39 is 0 Å². The Labute approximate surface area is 171 Å². The largest absolute Gasteiger partial charge is 0.455 e. The number of carbonyl (C=O) groups is 1. The Bertz CT molecular complexity index is 1280. The van der Waals surface area contributed by atoms with Crippen molar-refractivity contribution in [3.63, 3.8) is 0 Å². The summed E-state index contributed by atoms with van der Waals surface area (Å²) in [4.78, 5) is 19.0. The van der Waals surface area contributed by atoms with Crippen molar-refractivity contribution in [2.45, 2.75) is 0 Å². The highest BCUT2D eigenvalue weighted by Crippen LogP contribution is 2.31. The lowest BCUT2D eigenvalue weighted by Crippen LogP contribution is -2.10. The predicted molar refractivity (Wildman–Crippen MR) is 118 cm³/mol. The minimum atomic E-state index is -0.179. The number of thiophene rings is 1. The van der Waals surface area contributed by atoms with Crippen molar-refractivity contribution in [1.29, 1.82) is 0 Å². The van der Waals surface area contributed by atoms with Crippen LogP contribution in [0.2, 0.25) is 0 Å². The van der Waals surface area contributed by atoms with Crippen molar-refractivity contribution in [2.24, 2.45) is 0 Å². The fraction of sp³-hybridized carbons (Fsp3) is 0. The molecule has 0 unspecified atom stereocenters. The highest BCUT2D eigenvalue weighted by Gasteiger charge is 2.14. The minimum absolute atomic E-state index is 0.179. The van der Waals surface area contributed by atoms with E-state index in [-0.39, 0.29) is 5.91 Å². The van der Waals surface area contributed by atoms with Crippen LogP contribution in [-0.4, -0.2) is 10.9 Å². The molecule has 2 heterocycles. The van der Waals surface area contributed by atoms with Crippen molar-refractivity contribution in [3.8, 4) is 11.5 Å². The van der Waals surface area contributed by atoms with Gasteiger partial charge < -0.3 is 10.1 Å². The number of fused-ring (bicyclic) bond motifs is 2. The molecule has 2 aromatic heterocycles. The van der Waals surface area contributed by atoms with Crippen LogP contribution in [-0.2, 0) is 0 Å². The molecule has 0 bridgehead atoms. The van der Waals surface area contributed by atoms with Crippen molar-refractivity contribution in [2.75, 3.05) is 5.32 Å². The van der Waals surface area contributed by atoms with Gasteiger partial charge in [0.2, 0.25) is 0 Å². The van der Waals surface area contributed by atoms with E-state index in [9.17, 15) is 4.79 Å². The van der Waals surface area contributed by atoms with E-state index in [1.165, 1.54) is 11.3 Å². The van der Waals surface area contributed by atoms with Crippen LogP contribution in [0.25, 0.3) is 21.1 Å². The first-order valence-electron chi connectivity index (χ1n) is 9.19. The van der Waals surface area contributed by atoms with Gasteiger partial charge in [-0.25, -0.2) is 4.98 Å². The average Bonchev–Trinajstić information content (AvgIpc) is 3.17. The van der Waals surface area contributed by atoms with Gasteiger partial charge in [0.05, 0.1) is 16.1 Å². The second-order valence-corrected chi connectivity index (χ2v) is 7.58. The number of para-hydroxylation sites is 4. The van der Waals surface area contributed by atoms with Gasteiger partial charge in [-0.15, -0.1) is 11.3 Å². The molecule has 0 aliphatic rings. The number of rotatable bonds is 4. The average molecular weight is 396 g/mol. The standard InChI is InChI=1S/C24H16N2O2S/c27-23(22-15-17-14-16-8-4-5-11-19(16)26-24(17)29-22)25-20-12-6-7-13-21(20)28-18-9-2-1-3-10-18/h1-15H,(H,25,27). The molecule has 3 aromatic carbocycles. The molecule has 0 saturated carbocycles. The number of hydrogen-bond donors (Lipinski definition) is 1. The lowest BCUT2D eigenvalue weighted by Gasteiger charge is -2.11. The Kier molecular flexibility index (Phi) is 4.42. The zero-order valence-electron chi connectivity index (χ0n) is 15.3. The smallest absolute Gasteiger partial charge is 0.265 e. The Balaban J connectivity index is 1.44. The molecular weight excluding hydrogens is 380 g/mol. The molecule has 0 radical (unpaired) electrons. The monoisotopic (exact) mass is 396 g/mol. The van der Waals surface area contributed by atoms with Gasteiger partial charge in [-0.3, -0.25) is 4.79 Å². The zero-order chi connectivity index (χ0) is 19.6. The lowest BCUT2D eigenvalue weighted by atomic mass is 10.2. The van der Waals surface area contributed by atoms with Crippen molar-refractivity contribution in [3.05, 3.63) is 95.9 Å². The van der Waals surface area contributed by atoms with Crippen LogP contribution >= 0.6 is 11.3 Å². The van der Waals surface area contributed by atoms with Gasteiger partial charge in [-0.2, -0.15) is 0 Å². The van der Waals surface area contributed by atoms with E-state index in [0.29, 0.717) is 22.1 Å². The van der Waals surface area contributed by atoms with Crippen LogP contribution in [0.15, 0.2) is 91.0 Å². The second kappa shape index (κ2) is 7.37. The van der Waals surface area contributed by atoms with Crippen LogP contribution in [0.5, 0.6) is 11.5 Å². The summed E-state index contributed by atoms with van der Waals surface area (Å²) >= 11 is 1.39. The second-order valence-electron chi connectivity index (χ2n) is 6.55. The van der Waals surface area contributed by atoms with Crippen LogP contribution in [0.3, 0.4) is 0 Å². The topological polar surface area (TPSA) is 51.2 Å². The van der Waals surface area contributed by atoms with E-state index >= 15 is 0 Å². The number of nitrogens with one attached hydrogen (secondary N) is 1. The minimum Gasteiger partial charge on any atom is -0.455 e. The zero-order valence-corrected chi connectivity index (χ0v) is 16.1. The van der Waals surface area contributed by atoms with Gasteiger partial charge >= 0.3 is 0 Å². The number of pyridine rings is 1. The highest BCUT2D eigenvalue weighted by atomic mass is 32.1. The van der Waals surface area contributed by atoms with Crippen molar-refractivity contribution in [1.82, 2.24) is 4.98 Å². The number of hydrogen-bond acceptors (Lipinski definition) is 4. The SMILES string of the molecule is O=C(Nc1ccccc1Oc1ccccc1)c1cc2cc3ccccc3nc2s1. The number of anilines is 1. The van der Waals surface area contributed by atoms with Gasteiger partial charge in [0.25, 0.3) is 5.91 Å². The van der Waals surface area contributed by atoms with E-state index in [1.54, 1.807) is 0 Å². The van der Waals surface area contributed by atoms with Gasteiger partial charge in [-0.05, 0) is 42.5 Å². The number of amides is 1. The Morgan fingerprint density at radius 1 is 0.828 bits per heavy atom. The van der Waals surface area contributed by atoms with Gasteiger partial charge in [-0.1, -0.05) is 48.5 Å². The number of carbonyl (C=O) groups excluding carboxylic acids is 1. The van der Waals surface area contributed by atoms with Crippen LogP contribution < -0.4 is 10.1 Å². The summed E-state index contributed by atoms with van der Waals surface area (Å²) in [6.45, 7) is 0. The summed E-state index contributed by atoms with van der Waals surface area (Å²) in [6, 6.07) is 28.8. The molecule has 5 rings (SSSR count). The van der Waals surface area contributed by atoms with Crippen LogP contribution in [0, 0.1) is 0 Å². The maximum atomic E-state index is 12.9. The summed E-state index contributed by atoms with van der Waals surface area (Å²) < 4.78 is 5.93. The Morgan fingerprint density at radius 2 is 1.59 bits per heavy atom. The molecule has 1 N–H and O–H groups in total. The molecule has 0 aliphatic heterocycles. The maximum Gasteiger partial charge on any atom is 0.265 e. The Hall–Kier alpha value is -3.70. The lowest BCUT2D eigenvalue weighted by molar-refractivity contribution is 0.103. The third-order valence-corrected chi connectivity index (χ3v) is 5.58. The molecule has 140 valence electrons. The number of ether oxygens (including phenoxy) is 1. The summed E-state index contributed by atoms with van der Waals surface area (Å²) in [6.07, 6.45) is 0. The van der Waals surface area contributed by atoms with Crippen LogP contribution in [0.4, 0.5) is 5.69 Å².